The van der Waals surface area contributed by atoms with Gasteiger partial charge >= 0.3 is 6.18 Å². The molecule has 0 spiro atoms. The highest BCUT2D eigenvalue weighted by atomic mass is 19.4. The number of carbonyl (C=O) groups excluding carboxylic acids is 1. The first-order valence-electron chi connectivity index (χ1n) is 7.40. The number of hydrogen-bond donors (Lipinski definition) is 0. The number of benzene rings is 1. The fourth-order valence-electron chi connectivity index (χ4n) is 2.13. The number of amides is 1. The minimum Gasteiger partial charge on any atom is -0.493 e. The van der Waals surface area contributed by atoms with Crippen LogP contribution < -0.4 is 9.47 Å². The molecule has 0 aliphatic heterocycles. The van der Waals surface area contributed by atoms with E-state index in [-0.39, 0.29) is 23.8 Å². The Morgan fingerprint density at radius 2 is 2.08 bits per heavy atom. The Kier molecular flexibility index (Phi) is 6.11. The number of ether oxygens (including phenoxy) is 2. The lowest BCUT2D eigenvalue weighted by Crippen LogP contribution is -2.40. The summed E-state index contributed by atoms with van der Waals surface area (Å²) in [5.41, 5.74) is 0.317. The monoisotopic (exact) mass is 368 g/mol. The molecule has 9 heteroatoms. The van der Waals surface area contributed by atoms with Gasteiger partial charge in [-0.25, -0.2) is 0 Å². The third-order valence-corrected chi connectivity index (χ3v) is 3.29. The lowest BCUT2D eigenvalue weighted by molar-refractivity contribution is -0.164. The predicted molar refractivity (Wildman–Crippen MR) is 83.4 cm³/mol. The van der Waals surface area contributed by atoms with E-state index in [0.29, 0.717) is 10.5 Å². The second-order valence-corrected chi connectivity index (χ2v) is 5.21. The molecular formula is C17H15F3N2O4. The summed E-state index contributed by atoms with van der Waals surface area (Å²) in [6.45, 7) is -2.39. The standard InChI is InChI=1S/C17H15F3N2O4/c1-24-15-7-12(8-21)4-5-14(15)26-10-16(23)22(11-17(18,19)20)9-13-3-2-6-25-13/h2-7H,9-11H2,1H3. The first-order valence-corrected chi connectivity index (χ1v) is 7.40. The van der Waals surface area contributed by atoms with Crippen molar-refractivity contribution in [1.29, 1.82) is 5.26 Å². The van der Waals surface area contributed by atoms with Crippen LogP contribution in [0.4, 0.5) is 13.2 Å². The number of methoxy groups -OCH3 is 1. The molecule has 0 unspecified atom stereocenters. The Morgan fingerprint density at radius 1 is 1.31 bits per heavy atom. The molecule has 0 N–H and O–H groups in total. The van der Waals surface area contributed by atoms with Crippen LogP contribution in [0.2, 0.25) is 0 Å². The number of nitriles is 1. The molecule has 26 heavy (non-hydrogen) atoms. The molecular weight excluding hydrogens is 353 g/mol. The van der Waals surface area contributed by atoms with Gasteiger partial charge in [0.1, 0.15) is 12.3 Å². The first kappa shape index (κ1) is 19.2. The van der Waals surface area contributed by atoms with Crippen molar-refractivity contribution in [2.75, 3.05) is 20.3 Å². The molecule has 0 aliphatic carbocycles. The fourth-order valence-corrected chi connectivity index (χ4v) is 2.13. The summed E-state index contributed by atoms with van der Waals surface area (Å²) in [7, 11) is 1.35. The number of alkyl halides is 3. The van der Waals surface area contributed by atoms with Crippen LogP contribution in [0.25, 0.3) is 0 Å². The Morgan fingerprint density at radius 3 is 2.65 bits per heavy atom. The zero-order valence-corrected chi connectivity index (χ0v) is 13.7. The van der Waals surface area contributed by atoms with E-state index < -0.39 is 25.2 Å². The van der Waals surface area contributed by atoms with E-state index in [9.17, 15) is 18.0 Å². The Bertz CT molecular complexity index is 782. The molecule has 0 saturated heterocycles. The van der Waals surface area contributed by atoms with Gasteiger partial charge < -0.3 is 18.8 Å². The van der Waals surface area contributed by atoms with Crippen LogP contribution in [0.5, 0.6) is 11.5 Å². The molecule has 2 rings (SSSR count). The van der Waals surface area contributed by atoms with Gasteiger partial charge in [-0.05, 0) is 24.3 Å². The predicted octanol–water partition coefficient (Wildman–Crippen LogP) is 3.13. The number of nitrogens with zero attached hydrogens (tertiary/aromatic N) is 2. The van der Waals surface area contributed by atoms with Crippen LogP contribution >= 0.6 is 0 Å². The smallest absolute Gasteiger partial charge is 0.406 e. The van der Waals surface area contributed by atoms with Crippen molar-refractivity contribution in [3.63, 3.8) is 0 Å². The van der Waals surface area contributed by atoms with E-state index >= 15 is 0 Å². The normalized spacial score (nSPS) is 10.9. The van der Waals surface area contributed by atoms with Gasteiger partial charge in [-0.15, -0.1) is 0 Å². The molecule has 1 aromatic heterocycles. The lowest BCUT2D eigenvalue weighted by atomic mass is 10.2. The van der Waals surface area contributed by atoms with Gasteiger partial charge in [0.25, 0.3) is 5.91 Å². The summed E-state index contributed by atoms with van der Waals surface area (Å²) < 4.78 is 53.6. The average Bonchev–Trinajstić information content (AvgIpc) is 3.10. The maximum absolute atomic E-state index is 12.7. The van der Waals surface area contributed by atoms with E-state index in [4.69, 9.17) is 19.2 Å². The minimum absolute atomic E-state index is 0.143. The van der Waals surface area contributed by atoms with Crippen LogP contribution in [-0.2, 0) is 11.3 Å². The van der Waals surface area contributed by atoms with E-state index in [1.807, 2.05) is 6.07 Å². The molecule has 138 valence electrons. The first-order chi connectivity index (χ1) is 12.3. The van der Waals surface area contributed by atoms with Gasteiger partial charge in [0, 0.05) is 6.07 Å². The highest BCUT2D eigenvalue weighted by molar-refractivity contribution is 5.78. The lowest BCUT2D eigenvalue weighted by Gasteiger charge is -2.23. The molecule has 1 amide bonds. The summed E-state index contributed by atoms with van der Waals surface area (Å²) in [5.74, 6) is -0.307. The second-order valence-electron chi connectivity index (χ2n) is 5.21. The van der Waals surface area contributed by atoms with Gasteiger partial charge in [-0.3, -0.25) is 4.79 Å². The number of furan rings is 1. The molecule has 6 nitrogen and oxygen atoms in total. The maximum atomic E-state index is 12.7. The number of hydrogen-bond acceptors (Lipinski definition) is 5. The number of carbonyl (C=O) groups is 1. The van der Waals surface area contributed by atoms with Crippen molar-refractivity contribution in [2.24, 2.45) is 0 Å². The van der Waals surface area contributed by atoms with Crippen molar-refractivity contribution in [1.82, 2.24) is 4.90 Å². The van der Waals surface area contributed by atoms with Crippen LogP contribution in [-0.4, -0.2) is 37.2 Å². The van der Waals surface area contributed by atoms with Crippen LogP contribution in [0.1, 0.15) is 11.3 Å². The molecule has 0 aliphatic rings. The molecule has 0 bridgehead atoms. The van der Waals surface area contributed by atoms with E-state index in [1.54, 1.807) is 0 Å². The minimum atomic E-state index is -4.56. The van der Waals surface area contributed by atoms with Gasteiger partial charge in [0.15, 0.2) is 18.1 Å². The van der Waals surface area contributed by atoms with Gasteiger partial charge in [-0.1, -0.05) is 0 Å². The van der Waals surface area contributed by atoms with Crippen molar-refractivity contribution in [3.8, 4) is 17.6 Å². The van der Waals surface area contributed by atoms with E-state index in [0.717, 1.165) is 0 Å². The summed E-state index contributed by atoms with van der Waals surface area (Å²) in [5, 5.41) is 8.85. The molecule has 0 atom stereocenters. The van der Waals surface area contributed by atoms with Gasteiger partial charge in [0.05, 0.1) is 31.6 Å². The SMILES string of the molecule is COc1cc(C#N)ccc1OCC(=O)N(Cc1ccco1)CC(F)(F)F. The van der Waals surface area contributed by atoms with Gasteiger partial charge in [-0.2, -0.15) is 18.4 Å². The third-order valence-electron chi connectivity index (χ3n) is 3.29. The summed E-state index contributed by atoms with van der Waals surface area (Å²) in [6.07, 6.45) is -3.25. The highest BCUT2D eigenvalue weighted by Gasteiger charge is 2.33. The molecule has 0 saturated carbocycles. The van der Waals surface area contributed by atoms with Crippen molar-refractivity contribution in [2.45, 2.75) is 12.7 Å². The molecule has 0 fully saturated rings. The topological polar surface area (TPSA) is 75.7 Å². The van der Waals surface area contributed by atoms with E-state index in [2.05, 4.69) is 0 Å². The fraction of sp³-hybridized carbons (Fsp3) is 0.294. The van der Waals surface area contributed by atoms with Crippen LogP contribution in [0.3, 0.4) is 0 Å². The summed E-state index contributed by atoms with van der Waals surface area (Å²) >= 11 is 0. The van der Waals surface area contributed by atoms with Crippen LogP contribution in [0.15, 0.2) is 41.0 Å². The molecule has 1 heterocycles. The summed E-state index contributed by atoms with van der Waals surface area (Å²) in [6, 6.07) is 9.16. The van der Waals surface area contributed by atoms with Crippen molar-refractivity contribution in [3.05, 3.63) is 47.9 Å². The average molecular weight is 368 g/mol. The van der Waals surface area contributed by atoms with Crippen LogP contribution in [0, 0.1) is 11.3 Å². The molecule has 2 aromatic rings. The maximum Gasteiger partial charge on any atom is 0.406 e. The van der Waals surface area contributed by atoms with E-state index in [1.165, 1.54) is 43.7 Å². The van der Waals surface area contributed by atoms with Crippen molar-refractivity contribution < 1.29 is 31.9 Å². The highest BCUT2D eigenvalue weighted by Crippen LogP contribution is 2.28. The Balaban J connectivity index is 2.08. The van der Waals surface area contributed by atoms with Gasteiger partial charge in [0.2, 0.25) is 0 Å². The number of halogens is 3. The zero-order chi connectivity index (χ0) is 19.2. The summed E-state index contributed by atoms with van der Waals surface area (Å²) in [4.78, 5) is 12.8. The molecule has 1 aromatic carbocycles. The largest absolute Gasteiger partial charge is 0.493 e. The molecule has 0 radical (unpaired) electrons. The quantitative estimate of drug-likeness (QED) is 0.751. The second kappa shape index (κ2) is 8.29. The third kappa shape index (κ3) is 5.44. The van der Waals surface area contributed by atoms with Crippen molar-refractivity contribution >= 4 is 5.91 Å². The Labute approximate surface area is 147 Å². The zero-order valence-electron chi connectivity index (χ0n) is 13.7. The Hall–Kier alpha value is -3.15. The number of rotatable bonds is 7.